The summed E-state index contributed by atoms with van der Waals surface area (Å²) in [4.78, 5) is 12.5. The van der Waals surface area contributed by atoms with Crippen molar-refractivity contribution in [2.24, 2.45) is 0 Å². The average molecular weight is 427 g/mol. The molecule has 0 aliphatic carbocycles. The van der Waals surface area contributed by atoms with Gasteiger partial charge >= 0.3 is 0 Å². The minimum atomic E-state index is -3.50. The highest BCUT2D eigenvalue weighted by Gasteiger charge is 2.27. The summed E-state index contributed by atoms with van der Waals surface area (Å²) in [5, 5.41) is 2.72. The second-order valence-electron chi connectivity index (χ2n) is 6.46. The van der Waals surface area contributed by atoms with Crippen LogP contribution in [0.15, 0.2) is 47.4 Å². The van der Waals surface area contributed by atoms with E-state index in [4.69, 9.17) is 16.3 Å². The molecule has 9 heteroatoms. The van der Waals surface area contributed by atoms with E-state index in [1.165, 1.54) is 47.6 Å². The summed E-state index contributed by atoms with van der Waals surface area (Å²) in [6, 6.07) is 9.61. The molecule has 0 bridgehead atoms. The Morgan fingerprint density at radius 2 is 1.82 bits per heavy atom. The number of sulfonamides is 1. The maximum absolute atomic E-state index is 13.1. The smallest absolute Gasteiger partial charge is 0.265 e. The molecule has 1 unspecified atom stereocenters. The molecule has 2 aromatic rings. The second-order valence-corrected chi connectivity index (χ2v) is 8.80. The number of amides is 1. The van der Waals surface area contributed by atoms with Crippen LogP contribution in [-0.2, 0) is 14.8 Å². The minimum Gasteiger partial charge on any atom is -0.479 e. The number of benzene rings is 2. The Morgan fingerprint density at radius 1 is 1.18 bits per heavy atom. The molecule has 1 aliphatic rings. The van der Waals surface area contributed by atoms with Crippen LogP contribution in [0, 0.1) is 5.82 Å². The lowest BCUT2D eigenvalue weighted by Gasteiger charge is -2.17. The summed E-state index contributed by atoms with van der Waals surface area (Å²) >= 11 is 5.89. The highest BCUT2D eigenvalue weighted by molar-refractivity contribution is 7.89. The molecule has 0 aromatic heterocycles. The number of carbonyl (C=O) groups excluding carboxylic acids is 1. The van der Waals surface area contributed by atoms with Crippen LogP contribution in [0.25, 0.3) is 0 Å². The van der Waals surface area contributed by atoms with Gasteiger partial charge in [0.05, 0.1) is 9.92 Å². The Kier molecular flexibility index (Phi) is 6.22. The van der Waals surface area contributed by atoms with E-state index in [2.05, 4.69) is 5.32 Å². The molecule has 1 fully saturated rings. The fourth-order valence-corrected chi connectivity index (χ4v) is 4.58. The van der Waals surface area contributed by atoms with Crippen LogP contribution < -0.4 is 10.1 Å². The largest absolute Gasteiger partial charge is 0.479 e. The Hall–Kier alpha value is -2.16. The normalized spacial score (nSPS) is 16.0. The Morgan fingerprint density at radius 3 is 2.43 bits per heavy atom. The zero-order chi connectivity index (χ0) is 20.3. The number of halogens is 2. The first-order valence-corrected chi connectivity index (χ1v) is 10.6. The molecule has 2 aromatic carbocycles. The van der Waals surface area contributed by atoms with Crippen molar-refractivity contribution >= 4 is 33.2 Å². The van der Waals surface area contributed by atoms with Gasteiger partial charge in [0, 0.05) is 18.8 Å². The SMILES string of the molecule is CC(Oc1ccc(F)cc1Cl)C(=O)Nc1ccc(S(=O)(=O)N2CCCC2)cc1. The van der Waals surface area contributed by atoms with Gasteiger partial charge in [-0.25, -0.2) is 12.8 Å². The van der Waals surface area contributed by atoms with Crippen molar-refractivity contribution in [3.63, 3.8) is 0 Å². The number of hydrogen-bond acceptors (Lipinski definition) is 4. The number of nitrogens with zero attached hydrogens (tertiary/aromatic N) is 1. The van der Waals surface area contributed by atoms with Gasteiger partial charge in [-0.2, -0.15) is 4.31 Å². The minimum absolute atomic E-state index is 0.0659. The topological polar surface area (TPSA) is 75.7 Å². The molecule has 1 atom stereocenters. The van der Waals surface area contributed by atoms with Crippen molar-refractivity contribution in [1.82, 2.24) is 4.31 Å². The third kappa shape index (κ3) is 4.63. The lowest BCUT2D eigenvalue weighted by Crippen LogP contribution is -2.30. The Bertz CT molecular complexity index is 960. The molecule has 1 saturated heterocycles. The van der Waals surface area contributed by atoms with E-state index in [0.29, 0.717) is 18.8 Å². The third-order valence-corrected chi connectivity index (χ3v) is 6.60. The number of nitrogens with one attached hydrogen (secondary N) is 1. The number of rotatable bonds is 6. The van der Waals surface area contributed by atoms with Gasteiger partial charge in [0.1, 0.15) is 11.6 Å². The van der Waals surface area contributed by atoms with Crippen molar-refractivity contribution in [2.45, 2.75) is 30.8 Å². The summed E-state index contributed by atoms with van der Waals surface area (Å²) < 4.78 is 45.0. The molecule has 6 nitrogen and oxygen atoms in total. The van der Waals surface area contributed by atoms with Crippen molar-refractivity contribution in [3.8, 4) is 5.75 Å². The highest BCUT2D eigenvalue weighted by Crippen LogP contribution is 2.26. The van der Waals surface area contributed by atoms with E-state index < -0.39 is 27.9 Å². The average Bonchev–Trinajstić information content (AvgIpc) is 3.20. The first-order valence-electron chi connectivity index (χ1n) is 8.80. The first-order chi connectivity index (χ1) is 13.3. The Labute approximate surface area is 168 Å². The molecule has 0 spiro atoms. The first kappa shape index (κ1) is 20.6. The van der Waals surface area contributed by atoms with Crippen LogP contribution in [0.1, 0.15) is 19.8 Å². The van der Waals surface area contributed by atoms with Crippen molar-refractivity contribution in [3.05, 3.63) is 53.3 Å². The van der Waals surface area contributed by atoms with Gasteiger partial charge in [-0.15, -0.1) is 0 Å². The van der Waals surface area contributed by atoms with Gasteiger partial charge in [0.25, 0.3) is 5.91 Å². The summed E-state index contributed by atoms with van der Waals surface area (Å²) in [6.07, 6.45) is 0.836. The zero-order valence-electron chi connectivity index (χ0n) is 15.2. The van der Waals surface area contributed by atoms with Crippen LogP contribution in [-0.4, -0.2) is 37.8 Å². The van der Waals surface area contributed by atoms with Gasteiger partial charge in [-0.3, -0.25) is 4.79 Å². The monoisotopic (exact) mass is 426 g/mol. The molecule has 1 amide bonds. The van der Waals surface area contributed by atoms with Crippen molar-refractivity contribution in [1.29, 1.82) is 0 Å². The van der Waals surface area contributed by atoms with Crippen LogP contribution in [0.3, 0.4) is 0 Å². The van der Waals surface area contributed by atoms with Crippen molar-refractivity contribution in [2.75, 3.05) is 18.4 Å². The van der Waals surface area contributed by atoms with Gasteiger partial charge in [-0.1, -0.05) is 11.6 Å². The van der Waals surface area contributed by atoms with Gasteiger partial charge in [0.15, 0.2) is 6.10 Å². The molecule has 1 N–H and O–H groups in total. The molecule has 150 valence electrons. The number of anilines is 1. The summed E-state index contributed by atoms with van der Waals surface area (Å²) in [7, 11) is -3.50. The zero-order valence-corrected chi connectivity index (χ0v) is 16.8. The molecule has 1 heterocycles. The Balaban J connectivity index is 1.63. The molecule has 0 saturated carbocycles. The van der Waals surface area contributed by atoms with E-state index in [-0.39, 0.29) is 15.7 Å². The van der Waals surface area contributed by atoms with Gasteiger partial charge < -0.3 is 10.1 Å². The van der Waals surface area contributed by atoms with Crippen molar-refractivity contribution < 1.29 is 22.3 Å². The molecule has 3 rings (SSSR count). The second kappa shape index (κ2) is 8.46. The fraction of sp³-hybridized carbons (Fsp3) is 0.316. The van der Waals surface area contributed by atoms with Crippen LogP contribution in [0.5, 0.6) is 5.75 Å². The summed E-state index contributed by atoms with van der Waals surface area (Å²) in [6.45, 7) is 2.59. The van der Waals surface area contributed by atoms with E-state index >= 15 is 0 Å². The predicted octanol–water partition coefficient (Wildman–Crippen LogP) is 3.67. The lowest BCUT2D eigenvalue weighted by molar-refractivity contribution is -0.122. The van der Waals surface area contributed by atoms with Gasteiger partial charge in [0.2, 0.25) is 10.0 Å². The number of carbonyl (C=O) groups is 1. The van der Waals surface area contributed by atoms with E-state index in [9.17, 15) is 17.6 Å². The summed E-state index contributed by atoms with van der Waals surface area (Å²) in [5.41, 5.74) is 0.436. The lowest BCUT2D eigenvalue weighted by atomic mass is 10.3. The quantitative estimate of drug-likeness (QED) is 0.764. The van der Waals surface area contributed by atoms with Crippen LogP contribution >= 0.6 is 11.6 Å². The van der Waals surface area contributed by atoms with Crippen LogP contribution in [0.4, 0.5) is 10.1 Å². The van der Waals surface area contributed by atoms with E-state index in [0.717, 1.165) is 18.9 Å². The number of hydrogen-bond donors (Lipinski definition) is 1. The van der Waals surface area contributed by atoms with Gasteiger partial charge in [-0.05, 0) is 62.2 Å². The molecule has 0 radical (unpaired) electrons. The molecule has 1 aliphatic heterocycles. The van der Waals surface area contributed by atoms with E-state index in [1.807, 2.05) is 0 Å². The predicted molar refractivity (Wildman–Crippen MR) is 105 cm³/mol. The van der Waals surface area contributed by atoms with Crippen LogP contribution in [0.2, 0.25) is 5.02 Å². The maximum atomic E-state index is 13.1. The molecule has 28 heavy (non-hydrogen) atoms. The third-order valence-electron chi connectivity index (χ3n) is 4.39. The fourth-order valence-electron chi connectivity index (χ4n) is 2.85. The summed E-state index contributed by atoms with van der Waals surface area (Å²) in [5.74, 6) is -0.758. The maximum Gasteiger partial charge on any atom is 0.265 e. The number of ether oxygens (including phenoxy) is 1. The molecular weight excluding hydrogens is 407 g/mol. The highest BCUT2D eigenvalue weighted by atomic mass is 35.5. The standard InChI is InChI=1S/C19H20ClFN2O4S/c1-13(27-18-9-4-14(21)12-17(18)20)19(24)22-15-5-7-16(8-6-15)28(25,26)23-10-2-3-11-23/h4-9,12-13H,2-3,10-11H2,1H3,(H,22,24). The molecular formula is C19H20ClFN2O4S. The van der Waals surface area contributed by atoms with E-state index in [1.54, 1.807) is 0 Å².